The zero-order chi connectivity index (χ0) is 25.3. The zero-order valence-corrected chi connectivity index (χ0v) is 18.8. The van der Waals surface area contributed by atoms with Gasteiger partial charge in [-0.15, -0.1) is 0 Å². The van der Waals surface area contributed by atoms with Gasteiger partial charge in [0.25, 0.3) is 12.3 Å². The molecule has 0 spiro atoms. The Hall–Kier alpha value is -3.80. The van der Waals surface area contributed by atoms with E-state index in [2.05, 4.69) is 25.6 Å². The number of benzene rings is 1. The van der Waals surface area contributed by atoms with Crippen LogP contribution in [0.4, 0.5) is 28.9 Å². The van der Waals surface area contributed by atoms with E-state index in [0.29, 0.717) is 31.5 Å². The van der Waals surface area contributed by atoms with Crippen molar-refractivity contribution in [3.8, 4) is 11.1 Å². The number of carbonyl (C=O) groups is 1. The highest BCUT2D eigenvalue weighted by molar-refractivity contribution is 6.07. The van der Waals surface area contributed by atoms with Crippen LogP contribution in [0.1, 0.15) is 35.1 Å². The molecule has 1 aliphatic heterocycles. The first kappa shape index (κ1) is 24.3. The Morgan fingerprint density at radius 3 is 2.60 bits per heavy atom. The quantitative estimate of drug-likeness (QED) is 0.474. The second-order valence-electron chi connectivity index (χ2n) is 8.18. The van der Waals surface area contributed by atoms with Crippen LogP contribution in [-0.4, -0.2) is 46.5 Å². The number of aromatic nitrogens is 3. The molecule has 0 aliphatic carbocycles. The molecule has 12 heteroatoms. The molecular formula is C23H22F4N6O2. The third kappa shape index (κ3) is 5.02. The van der Waals surface area contributed by atoms with Crippen LogP contribution in [0.25, 0.3) is 11.1 Å². The Morgan fingerprint density at radius 1 is 1.23 bits per heavy atom. The van der Waals surface area contributed by atoms with E-state index in [9.17, 15) is 18.4 Å². The first-order valence-corrected chi connectivity index (χ1v) is 10.8. The van der Waals surface area contributed by atoms with E-state index in [4.69, 9.17) is 0 Å². The summed E-state index contributed by atoms with van der Waals surface area (Å²) in [5, 5.41) is 5.55. The smallest absolute Gasteiger partial charge is 0.264 e. The van der Waals surface area contributed by atoms with Gasteiger partial charge in [0, 0.05) is 67.5 Å². The maximum atomic E-state index is 15.9. The molecule has 1 saturated heterocycles. The van der Waals surface area contributed by atoms with Crippen molar-refractivity contribution in [3.63, 3.8) is 0 Å². The van der Waals surface area contributed by atoms with Crippen LogP contribution in [0, 0.1) is 18.6 Å². The average molecular weight is 490 g/mol. The van der Waals surface area contributed by atoms with E-state index in [1.165, 1.54) is 12.4 Å². The van der Waals surface area contributed by atoms with Gasteiger partial charge in [-0.2, -0.15) is 0 Å². The summed E-state index contributed by atoms with van der Waals surface area (Å²) in [6, 6.07) is 1.69. The normalized spacial score (nSPS) is 16.0. The Balaban J connectivity index is 1.85. The van der Waals surface area contributed by atoms with Crippen molar-refractivity contribution in [2.45, 2.75) is 26.3 Å². The van der Waals surface area contributed by atoms with Gasteiger partial charge in [-0.05, 0) is 13.8 Å². The third-order valence-corrected chi connectivity index (χ3v) is 5.65. The lowest BCUT2D eigenvalue weighted by atomic mass is 10.0. The summed E-state index contributed by atoms with van der Waals surface area (Å²) in [5.41, 5.74) is -2.92. The molecule has 1 aliphatic rings. The predicted molar refractivity (Wildman–Crippen MR) is 122 cm³/mol. The fourth-order valence-corrected chi connectivity index (χ4v) is 3.96. The topological polar surface area (TPSA) is 103 Å². The van der Waals surface area contributed by atoms with Crippen molar-refractivity contribution in [3.05, 3.63) is 69.7 Å². The number of aryl methyl sites for hydroxylation is 1. The SMILES string of the molecule is Cc1ncc(-c2c(F)cc(N3CCN[C@@H](C)C3)c(NC(=O)c3c[nH]c(=O)cc3C(F)F)c2F)cn1. The number of carbonyl (C=O) groups excluding carboxylic acids is 1. The minimum atomic E-state index is -3.12. The summed E-state index contributed by atoms with van der Waals surface area (Å²) in [5.74, 6) is -2.69. The van der Waals surface area contributed by atoms with Crippen LogP contribution in [0.5, 0.6) is 0 Å². The fourth-order valence-electron chi connectivity index (χ4n) is 3.96. The molecule has 3 aromatic rings. The van der Waals surface area contributed by atoms with Crippen LogP contribution in [-0.2, 0) is 0 Å². The second-order valence-corrected chi connectivity index (χ2v) is 8.18. The molecule has 1 amide bonds. The van der Waals surface area contributed by atoms with Gasteiger partial charge in [0.15, 0.2) is 5.82 Å². The number of nitrogens with zero attached hydrogens (tertiary/aromatic N) is 3. The van der Waals surface area contributed by atoms with E-state index >= 15 is 8.78 Å². The number of alkyl halides is 2. The number of anilines is 2. The van der Waals surface area contributed by atoms with Crippen molar-refractivity contribution >= 4 is 17.3 Å². The number of rotatable bonds is 5. The lowest BCUT2D eigenvalue weighted by Crippen LogP contribution is -2.49. The monoisotopic (exact) mass is 490 g/mol. The van der Waals surface area contributed by atoms with Crippen LogP contribution < -0.4 is 21.1 Å². The number of pyridine rings is 1. The number of halogens is 4. The molecule has 35 heavy (non-hydrogen) atoms. The maximum Gasteiger partial charge on any atom is 0.264 e. The maximum absolute atomic E-state index is 15.9. The fraction of sp³-hybridized carbons (Fsp3) is 0.304. The number of hydrogen-bond donors (Lipinski definition) is 3. The number of hydrogen-bond acceptors (Lipinski definition) is 6. The van der Waals surface area contributed by atoms with Crippen LogP contribution >= 0.6 is 0 Å². The molecule has 0 saturated carbocycles. The molecule has 3 N–H and O–H groups in total. The van der Waals surface area contributed by atoms with E-state index in [1.807, 2.05) is 6.92 Å². The number of piperazine rings is 1. The lowest BCUT2D eigenvalue weighted by Gasteiger charge is -2.35. The standard InChI is InChI=1S/C23H22F4N6O2/c1-11-10-33(4-3-28-11)17-6-16(24)19(13-7-29-12(2)30-8-13)20(25)21(17)32-23(35)15-9-31-18(34)5-14(15)22(26)27/h5-9,11,22,28H,3-4,10H2,1-2H3,(H,31,34)(H,32,35)/t11-/m0/s1. The number of aromatic amines is 1. The van der Waals surface area contributed by atoms with Crippen LogP contribution in [0.15, 0.2) is 35.5 Å². The first-order chi connectivity index (χ1) is 16.7. The van der Waals surface area contributed by atoms with Crippen LogP contribution in [0.2, 0.25) is 0 Å². The minimum absolute atomic E-state index is 0.00627. The average Bonchev–Trinajstić information content (AvgIpc) is 2.81. The Morgan fingerprint density at radius 2 is 1.94 bits per heavy atom. The van der Waals surface area contributed by atoms with Gasteiger partial charge in [0.05, 0.1) is 16.8 Å². The van der Waals surface area contributed by atoms with Crippen LogP contribution in [0.3, 0.4) is 0 Å². The van der Waals surface area contributed by atoms with Gasteiger partial charge in [0.2, 0.25) is 5.56 Å². The predicted octanol–water partition coefficient (Wildman–Crippen LogP) is 3.41. The van der Waals surface area contributed by atoms with Crippen molar-refractivity contribution in [2.75, 3.05) is 29.9 Å². The molecule has 1 atom stereocenters. The molecular weight excluding hydrogens is 468 g/mol. The summed E-state index contributed by atoms with van der Waals surface area (Å²) in [4.78, 5) is 36.3. The molecule has 184 valence electrons. The highest BCUT2D eigenvalue weighted by atomic mass is 19.3. The minimum Gasteiger partial charge on any atom is -0.367 e. The van der Waals surface area contributed by atoms with Gasteiger partial charge in [0.1, 0.15) is 17.3 Å². The zero-order valence-electron chi connectivity index (χ0n) is 18.8. The van der Waals surface area contributed by atoms with Crippen molar-refractivity contribution < 1.29 is 22.4 Å². The molecule has 3 heterocycles. The Bertz CT molecular complexity index is 1310. The molecule has 2 aromatic heterocycles. The third-order valence-electron chi connectivity index (χ3n) is 5.65. The Labute approximate surface area is 197 Å². The summed E-state index contributed by atoms with van der Waals surface area (Å²) in [6.07, 6.45) is 0.212. The summed E-state index contributed by atoms with van der Waals surface area (Å²) in [6.45, 7) is 4.81. The largest absolute Gasteiger partial charge is 0.367 e. The highest BCUT2D eigenvalue weighted by Crippen LogP contribution is 2.38. The molecule has 8 nitrogen and oxygen atoms in total. The number of amides is 1. The molecule has 0 radical (unpaired) electrons. The van der Waals surface area contributed by atoms with E-state index < -0.39 is 46.2 Å². The summed E-state index contributed by atoms with van der Waals surface area (Å²) >= 11 is 0. The number of nitrogens with one attached hydrogen (secondary N) is 3. The molecule has 0 unspecified atom stereocenters. The van der Waals surface area contributed by atoms with Crippen molar-refractivity contribution in [1.82, 2.24) is 20.3 Å². The van der Waals surface area contributed by atoms with Gasteiger partial charge in [-0.1, -0.05) is 0 Å². The first-order valence-electron chi connectivity index (χ1n) is 10.8. The van der Waals surface area contributed by atoms with E-state index in [-0.39, 0.29) is 23.0 Å². The van der Waals surface area contributed by atoms with Gasteiger partial charge in [-0.25, -0.2) is 27.5 Å². The lowest BCUT2D eigenvalue weighted by molar-refractivity contribution is 0.101. The van der Waals surface area contributed by atoms with Crippen molar-refractivity contribution in [2.24, 2.45) is 0 Å². The van der Waals surface area contributed by atoms with Gasteiger partial charge < -0.3 is 20.5 Å². The molecule has 0 bridgehead atoms. The molecule has 1 fully saturated rings. The van der Waals surface area contributed by atoms with E-state index in [0.717, 1.165) is 12.3 Å². The van der Waals surface area contributed by atoms with Gasteiger partial charge >= 0.3 is 0 Å². The number of H-pyrrole nitrogens is 1. The summed E-state index contributed by atoms with van der Waals surface area (Å²) in [7, 11) is 0. The molecule has 4 rings (SSSR count). The van der Waals surface area contributed by atoms with E-state index in [1.54, 1.807) is 11.8 Å². The van der Waals surface area contributed by atoms with Gasteiger partial charge in [-0.3, -0.25) is 9.59 Å². The Kier molecular flexibility index (Phi) is 6.83. The van der Waals surface area contributed by atoms with Crippen molar-refractivity contribution in [1.29, 1.82) is 0 Å². The summed E-state index contributed by atoms with van der Waals surface area (Å²) < 4.78 is 58.1. The molecule has 1 aromatic carbocycles. The highest BCUT2D eigenvalue weighted by Gasteiger charge is 2.28. The second kappa shape index (κ2) is 9.82.